The molecule has 1 saturated heterocycles. The van der Waals surface area contributed by atoms with Gasteiger partial charge in [0.2, 0.25) is 0 Å². The molecule has 0 unspecified atom stereocenters. The molecular formula is C10H18O5. The first-order chi connectivity index (χ1) is 6.94. The Kier molecular flexibility index (Phi) is 4.07. The number of carbonyl (C=O) groups is 1. The first-order valence-electron chi connectivity index (χ1n) is 5.13. The monoisotopic (exact) mass is 218 g/mol. The molecule has 2 atom stereocenters. The summed E-state index contributed by atoms with van der Waals surface area (Å²) in [6.45, 7) is 3.47. The summed E-state index contributed by atoms with van der Waals surface area (Å²) in [7, 11) is 0. The summed E-state index contributed by atoms with van der Waals surface area (Å²) in [6.07, 6.45) is 0.716. The SMILES string of the molecule is CC1(C)O[C@@H](CCCC(=O)O)[C@@H](CO)O1. The lowest BCUT2D eigenvalue weighted by Gasteiger charge is -2.16. The maximum absolute atomic E-state index is 10.3. The number of aliphatic hydroxyl groups excluding tert-OH is 1. The van der Waals surface area contributed by atoms with Crippen LogP contribution in [0.3, 0.4) is 0 Å². The van der Waals surface area contributed by atoms with Crippen LogP contribution in [-0.2, 0) is 14.3 Å². The molecule has 0 aliphatic carbocycles. The minimum absolute atomic E-state index is 0.0961. The molecule has 0 amide bonds. The number of aliphatic hydroxyl groups is 1. The van der Waals surface area contributed by atoms with E-state index < -0.39 is 11.8 Å². The third-order valence-electron chi connectivity index (χ3n) is 2.34. The van der Waals surface area contributed by atoms with Gasteiger partial charge >= 0.3 is 5.97 Å². The molecule has 0 bridgehead atoms. The molecule has 5 nitrogen and oxygen atoms in total. The highest BCUT2D eigenvalue weighted by atomic mass is 16.8. The predicted molar refractivity (Wildman–Crippen MR) is 52.4 cm³/mol. The van der Waals surface area contributed by atoms with E-state index >= 15 is 0 Å². The molecule has 0 aromatic carbocycles. The van der Waals surface area contributed by atoms with Gasteiger partial charge in [0.1, 0.15) is 6.10 Å². The van der Waals surface area contributed by atoms with Crippen molar-refractivity contribution in [1.29, 1.82) is 0 Å². The van der Waals surface area contributed by atoms with E-state index in [0.717, 1.165) is 0 Å². The van der Waals surface area contributed by atoms with E-state index in [9.17, 15) is 4.79 Å². The third-order valence-corrected chi connectivity index (χ3v) is 2.34. The van der Waals surface area contributed by atoms with Crippen LogP contribution in [0.1, 0.15) is 33.1 Å². The molecule has 1 aliphatic rings. The minimum Gasteiger partial charge on any atom is -0.481 e. The van der Waals surface area contributed by atoms with Gasteiger partial charge in [0.15, 0.2) is 5.79 Å². The molecule has 0 radical (unpaired) electrons. The molecule has 1 heterocycles. The standard InChI is InChI=1S/C10H18O5/c1-10(2)14-7(8(6-11)15-10)4-3-5-9(12)13/h7-8,11H,3-6H2,1-2H3,(H,12,13)/t7-,8+/m0/s1. The normalized spacial score (nSPS) is 29.3. The molecular weight excluding hydrogens is 200 g/mol. The Labute approximate surface area is 89.0 Å². The van der Waals surface area contributed by atoms with Gasteiger partial charge in [-0.25, -0.2) is 0 Å². The van der Waals surface area contributed by atoms with Crippen LogP contribution in [0.15, 0.2) is 0 Å². The Balaban J connectivity index is 2.37. The lowest BCUT2D eigenvalue weighted by atomic mass is 10.1. The Bertz CT molecular complexity index is 226. The zero-order chi connectivity index (χ0) is 11.5. The fourth-order valence-corrected chi connectivity index (χ4v) is 1.76. The highest BCUT2D eigenvalue weighted by Gasteiger charge is 2.40. The van der Waals surface area contributed by atoms with Gasteiger partial charge in [0.25, 0.3) is 0 Å². The lowest BCUT2D eigenvalue weighted by molar-refractivity contribution is -0.149. The van der Waals surface area contributed by atoms with Gasteiger partial charge in [0.05, 0.1) is 12.7 Å². The van der Waals surface area contributed by atoms with E-state index in [1.807, 2.05) is 0 Å². The van der Waals surface area contributed by atoms with Crippen molar-refractivity contribution in [3.05, 3.63) is 0 Å². The van der Waals surface area contributed by atoms with Crippen LogP contribution < -0.4 is 0 Å². The first-order valence-corrected chi connectivity index (χ1v) is 5.13. The predicted octanol–water partition coefficient (Wildman–Crippen LogP) is 0.754. The molecule has 88 valence electrons. The Morgan fingerprint density at radius 3 is 2.47 bits per heavy atom. The van der Waals surface area contributed by atoms with Crippen molar-refractivity contribution in [2.45, 2.75) is 51.1 Å². The fraction of sp³-hybridized carbons (Fsp3) is 0.900. The maximum Gasteiger partial charge on any atom is 0.303 e. The quantitative estimate of drug-likeness (QED) is 0.712. The molecule has 0 aromatic rings. The van der Waals surface area contributed by atoms with Crippen LogP contribution in [0.2, 0.25) is 0 Å². The molecule has 1 fully saturated rings. The van der Waals surface area contributed by atoms with Crippen molar-refractivity contribution < 1.29 is 24.5 Å². The molecule has 1 aliphatic heterocycles. The molecule has 0 aromatic heterocycles. The number of carboxylic acid groups (broad SMARTS) is 1. The molecule has 2 N–H and O–H groups in total. The maximum atomic E-state index is 10.3. The van der Waals surface area contributed by atoms with Gasteiger partial charge in [-0.1, -0.05) is 0 Å². The summed E-state index contributed by atoms with van der Waals surface area (Å²) in [6, 6.07) is 0. The molecule has 15 heavy (non-hydrogen) atoms. The summed E-state index contributed by atoms with van der Waals surface area (Å²) in [5.41, 5.74) is 0. The van der Waals surface area contributed by atoms with Gasteiger partial charge in [-0.3, -0.25) is 4.79 Å². The van der Waals surface area contributed by atoms with Crippen molar-refractivity contribution in [2.75, 3.05) is 6.61 Å². The molecule has 0 saturated carbocycles. The number of aliphatic carboxylic acids is 1. The van der Waals surface area contributed by atoms with Crippen molar-refractivity contribution >= 4 is 5.97 Å². The fourth-order valence-electron chi connectivity index (χ4n) is 1.76. The van der Waals surface area contributed by atoms with Gasteiger partial charge in [0, 0.05) is 6.42 Å². The van der Waals surface area contributed by atoms with Crippen LogP contribution in [-0.4, -0.2) is 40.8 Å². The number of ether oxygens (including phenoxy) is 2. The van der Waals surface area contributed by atoms with Crippen LogP contribution in [0.4, 0.5) is 0 Å². The zero-order valence-corrected chi connectivity index (χ0v) is 9.10. The second-order valence-electron chi connectivity index (χ2n) is 4.18. The Morgan fingerprint density at radius 1 is 1.33 bits per heavy atom. The average molecular weight is 218 g/mol. The number of carboxylic acids is 1. The summed E-state index contributed by atoms with van der Waals surface area (Å²) in [5, 5.41) is 17.5. The van der Waals surface area contributed by atoms with E-state index in [1.165, 1.54) is 0 Å². The van der Waals surface area contributed by atoms with E-state index in [4.69, 9.17) is 19.7 Å². The van der Waals surface area contributed by atoms with Crippen LogP contribution >= 0.6 is 0 Å². The molecule has 0 spiro atoms. The number of rotatable bonds is 5. The second-order valence-corrected chi connectivity index (χ2v) is 4.18. The number of hydrogen-bond donors (Lipinski definition) is 2. The molecule has 1 rings (SSSR count). The van der Waals surface area contributed by atoms with Gasteiger partial charge in [-0.15, -0.1) is 0 Å². The highest BCUT2D eigenvalue weighted by Crippen LogP contribution is 2.30. The zero-order valence-electron chi connectivity index (χ0n) is 9.10. The van der Waals surface area contributed by atoms with Gasteiger partial charge < -0.3 is 19.7 Å². The summed E-state index contributed by atoms with van der Waals surface area (Å²) in [5.74, 6) is -1.49. The van der Waals surface area contributed by atoms with Gasteiger partial charge in [-0.05, 0) is 26.7 Å². The summed E-state index contributed by atoms with van der Waals surface area (Å²) < 4.78 is 11.0. The number of hydrogen-bond acceptors (Lipinski definition) is 4. The third kappa shape index (κ3) is 3.77. The first kappa shape index (κ1) is 12.4. The highest BCUT2D eigenvalue weighted by molar-refractivity contribution is 5.66. The van der Waals surface area contributed by atoms with E-state index in [1.54, 1.807) is 13.8 Å². The van der Waals surface area contributed by atoms with Crippen molar-refractivity contribution in [1.82, 2.24) is 0 Å². The van der Waals surface area contributed by atoms with Crippen LogP contribution in [0.25, 0.3) is 0 Å². The largest absolute Gasteiger partial charge is 0.481 e. The lowest BCUT2D eigenvalue weighted by Crippen LogP contribution is -2.26. The van der Waals surface area contributed by atoms with Crippen molar-refractivity contribution in [2.24, 2.45) is 0 Å². The molecule has 5 heteroatoms. The summed E-state index contributed by atoms with van der Waals surface area (Å²) >= 11 is 0. The summed E-state index contributed by atoms with van der Waals surface area (Å²) in [4.78, 5) is 10.3. The second kappa shape index (κ2) is 4.92. The minimum atomic E-state index is -0.811. The topological polar surface area (TPSA) is 76.0 Å². The average Bonchev–Trinajstić information content (AvgIpc) is 2.40. The Morgan fingerprint density at radius 2 is 1.93 bits per heavy atom. The van der Waals surface area contributed by atoms with Crippen molar-refractivity contribution in [3.63, 3.8) is 0 Å². The van der Waals surface area contributed by atoms with E-state index in [2.05, 4.69) is 0 Å². The van der Waals surface area contributed by atoms with Crippen molar-refractivity contribution in [3.8, 4) is 0 Å². The van der Waals surface area contributed by atoms with E-state index in [0.29, 0.717) is 12.8 Å². The van der Waals surface area contributed by atoms with E-state index in [-0.39, 0.29) is 25.2 Å². The van der Waals surface area contributed by atoms with Crippen LogP contribution in [0.5, 0.6) is 0 Å². The van der Waals surface area contributed by atoms with Gasteiger partial charge in [-0.2, -0.15) is 0 Å². The van der Waals surface area contributed by atoms with Crippen LogP contribution in [0, 0.1) is 0 Å². The smallest absolute Gasteiger partial charge is 0.303 e. The Hall–Kier alpha value is -0.650.